The zero-order valence-electron chi connectivity index (χ0n) is 15.0. The second-order valence-corrected chi connectivity index (χ2v) is 7.23. The van der Waals surface area contributed by atoms with Crippen LogP contribution >= 0.6 is 12.6 Å². The van der Waals surface area contributed by atoms with Gasteiger partial charge < -0.3 is 15.6 Å². The van der Waals surface area contributed by atoms with Gasteiger partial charge in [0, 0.05) is 11.1 Å². The van der Waals surface area contributed by atoms with Crippen LogP contribution in [0.1, 0.15) is 38.8 Å². The number of thiol groups is 1. The van der Waals surface area contributed by atoms with E-state index in [1.54, 1.807) is 55.5 Å². The Labute approximate surface area is 167 Å². The molecule has 3 N–H and O–H groups in total. The number of ketones is 2. The second-order valence-electron chi connectivity index (χ2n) is 6.50. The van der Waals surface area contributed by atoms with Gasteiger partial charge in [0.25, 0.3) is 0 Å². The van der Waals surface area contributed by atoms with Crippen molar-refractivity contribution in [2.24, 2.45) is 0 Å². The molecule has 0 aliphatic heterocycles. The number of aromatic hydroxyl groups is 1. The molecule has 1 aliphatic carbocycles. The largest absolute Gasteiger partial charge is 0.504 e. The summed E-state index contributed by atoms with van der Waals surface area (Å²) in [6.07, 6.45) is 0. The monoisotopic (exact) mass is 391 g/mol. The number of carbonyl (C=O) groups is 2. The maximum Gasteiger partial charge on any atom is 0.198 e. The van der Waals surface area contributed by atoms with E-state index in [1.807, 2.05) is 6.07 Å². The van der Waals surface area contributed by atoms with Crippen LogP contribution in [0.25, 0.3) is 11.1 Å². The first-order valence-corrected chi connectivity index (χ1v) is 9.20. The van der Waals surface area contributed by atoms with Crippen molar-refractivity contribution < 1.29 is 19.4 Å². The number of rotatable bonds is 3. The first-order valence-electron chi connectivity index (χ1n) is 8.68. The van der Waals surface area contributed by atoms with E-state index >= 15 is 0 Å². The maximum absolute atomic E-state index is 13.1. The van der Waals surface area contributed by atoms with Gasteiger partial charge in [0.05, 0.1) is 22.4 Å². The Bertz CT molecular complexity index is 1120. The first-order chi connectivity index (χ1) is 13.4. The highest BCUT2D eigenvalue weighted by Gasteiger charge is 2.37. The summed E-state index contributed by atoms with van der Waals surface area (Å²) in [5.74, 6) is -1.24. The van der Waals surface area contributed by atoms with Crippen LogP contribution in [0.4, 0.5) is 5.69 Å². The molecule has 6 heteroatoms. The van der Waals surface area contributed by atoms with E-state index in [9.17, 15) is 14.7 Å². The maximum atomic E-state index is 13.1. The standard InChI is InChI=1S/C22H17NO4S/c1-11(28)27-22-15(12-7-3-2-4-8-12)18(23)16-17(21(22)26)20(25)14-10-6-5-9-13(14)19(16)24/h2-11,26,28H,23H2,1H3. The van der Waals surface area contributed by atoms with Crippen molar-refractivity contribution in [3.8, 4) is 22.6 Å². The molecule has 0 saturated carbocycles. The predicted octanol–water partition coefficient (Wildman–Crippen LogP) is 4.07. The summed E-state index contributed by atoms with van der Waals surface area (Å²) in [4.78, 5) is 26.2. The number of phenols is 1. The lowest BCUT2D eigenvalue weighted by Crippen LogP contribution is -2.23. The smallest absolute Gasteiger partial charge is 0.198 e. The average Bonchev–Trinajstić information content (AvgIpc) is 2.69. The molecular weight excluding hydrogens is 374 g/mol. The number of phenolic OH excluding ortho intramolecular Hbond substituents is 1. The first kappa shape index (κ1) is 18.1. The Kier molecular flexibility index (Phi) is 4.35. The van der Waals surface area contributed by atoms with Crippen LogP contribution in [-0.4, -0.2) is 22.1 Å². The Morgan fingerprint density at radius 2 is 1.43 bits per heavy atom. The van der Waals surface area contributed by atoms with Crippen molar-refractivity contribution in [1.29, 1.82) is 0 Å². The Morgan fingerprint density at radius 1 is 0.893 bits per heavy atom. The third-order valence-corrected chi connectivity index (χ3v) is 4.79. The van der Waals surface area contributed by atoms with Crippen LogP contribution in [0, 0.1) is 0 Å². The second kappa shape index (κ2) is 6.73. The van der Waals surface area contributed by atoms with Crippen molar-refractivity contribution in [2.45, 2.75) is 12.4 Å². The molecular formula is C22H17NO4S. The lowest BCUT2D eigenvalue weighted by atomic mass is 9.80. The molecule has 5 nitrogen and oxygen atoms in total. The molecule has 0 spiro atoms. The van der Waals surface area contributed by atoms with Crippen molar-refractivity contribution in [1.82, 2.24) is 0 Å². The van der Waals surface area contributed by atoms with Gasteiger partial charge in [-0.2, -0.15) is 0 Å². The van der Waals surface area contributed by atoms with Gasteiger partial charge in [-0.05, 0) is 12.5 Å². The van der Waals surface area contributed by atoms with Crippen LogP contribution in [0.3, 0.4) is 0 Å². The number of benzene rings is 3. The highest BCUT2D eigenvalue weighted by atomic mass is 32.1. The molecule has 4 rings (SSSR count). The number of fused-ring (bicyclic) bond motifs is 2. The molecule has 0 bridgehead atoms. The Hall–Kier alpha value is -3.25. The lowest BCUT2D eigenvalue weighted by molar-refractivity contribution is 0.0976. The third kappa shape index (κ3) is 2.65. The zero-order chi connectivity index (χ0) is 20.0. The minimum absolute atomic E-state index is 0.000722. The molecule has 0 saturated heterocycles. The summed E-state index contributed by atoms with van der Waals surface area (Å²) in [5.41, 5.74) is 7.29. The molecule has 0 aromatic heterocycles. The summed E-state index contributed by atoms with van der Waals surface area (Å²) in [5, 5.41) is 11.0. The number of ether oxygens (including phenoxy) is 1. The number of hydrogen-bond donors (Lipinski definition) is 3. The van der Waals surface area contributed by atoms with E-state index in [4.69, 9.17) is 10.5 Å². The number of carbonyl (C=O) groups excluding carboxylic acids is 2. The average molecular weight is 391 g/mol. The van der Waals surface area contributed by atoms with Crippen molar-refractivity contribution in [2.75, 3.05) is 5.73 Å². The van der Waals surface area contributed by atoms with E-state index in [-0.39, 0.29) is 33.7 Å². The summed E-state index contributed by atoms with van der Waals surface area (Å²) in [7, 11) is 0. The van der Waals surface area contributed by atoms with Gasteiger partial charge in [-0.1, -0.05) is 54.6 Å². The van der Waals surface area contributed by atoms with Crippen molar-refractivity contribution >= 4 is 29.9 Å². The minimum Gasteiger partial charge on any atom is -0.504 e. The number of hydrogen-bond acceptors (Lipinski definition) is 6. The lowest BCUT2D eigenvalue weighted by Gasteiger charge is -2.25. The van der Waals surface area contributed by atoms with Crippen LogP contribution in [0.5, 0.6) is 11.5 Å². The number of nitrogen functional groups attached to an aromatic ring is 1. The molecule has 140 valence electrons. The fourth-order valence-corrected chi connectivity index (χ4v) is 3.62. The van der Waals surface area contributed by atoms with Gasteiger partial charge in [-0.25, -0.2) is 0 Å². The summed E-state index contributed by atoms with van der Waals surface area (Å²) in [6, 6.07) is 15.5. The molecule has 0 radical (unpaired) electrons. The molecule has 0 heterocycles. The Balaban J connectivity index is 2.10. The van der Waals surface area contributed by atoms with Crippen LogP contribution in [0.15, 0.2) is 54.6 Å². The van der Waals surface area contributed by atoms with E-state index in [2.05, 4.69) is 12.6 Å². The van der Waals surface area contributed by atoms with Crippen LogP contribution in [0.2, 0.25) is 0 Å². The van der Waals surface area contributed by atoms with Crippen molar-refractivity contribution in [3.63, 3.8) is 0 Å². The van der Waals surface area contributed by atoms with E-state index in [0.717, 1.165) is 0 Å². The quantitative estimate of drug-likeness (QED) is 0.212. The van der Waals surface area contributed by atoms with E-state index < -0.39 is 22.8 Å². The molecule has 3 aromatic rings. The van der Waals surface area contributed by atoms with Gasteiger partial charge in [-0.15, -0.1) is 12.6 Å². The van der Waals surface area contributed by atoms with E-state index in [0.29, 0.717) is 11.1 Å². The highest BCUT2D eigenvalue weighted by molar-refractivity contribution is 7.80. The molecule has 28 heavy (non-hydrogen) atoms. The summed E-state index contributed by atoms with van der Waals surface area (Å²) < 4.78 is 5.72. The van der Waals surface area contributed by atoms with Gasteiger partial charge >= 0.3 is 0 Å². The molecule has 1 unspecified atom stereocenters. The highest BCUT2D eigenvalue weighted by Crippen LogP contribution is 2.49. The van der Waals surface area contributed by atoms with Crippen LogP contribution in [-0.2, 0) is 0 Å². The summed E-state index contributed by atoms with van der Waals surface area (Å²) >= 11 is 4.24. The summed E-state index contributed by atoms with van der Waals surface area (Å²) in [6.45, 7) is 1.68. The van der Waals surface area contributed by atoms with Gasteiger partial charge in [-0.3, -0.25) is 9.59 Å². The third-order valence-electron chi connectivity index (χ3n) is 4.69. The number of nitrogens with two attached hydrogens (primary N) is 1. The zero-order valence-corrected chi connectivity index (χ0v) is 15.9. The van der Waals surface area contributed by atoms with Crippen LogP contribution < -0.4 is 10.5 Å². The number of anilines is 1. The van der Waals surface area contributed by atoms with E-state index in [1.165, 1.54) is 0 Å². The normalized spacial score (nSPS) is 13.6. The topological polar surface area (TPSA) is 89.6 Å². The minimum atomic E-state index is -0.576. The molecule has 0 fully saturated rings. The molecule has 1 aliphatic rings. The molecule has 0 amide bonds. The fraction of sp³-hybridized carbons (Fsp3) is 0.0909. The fourth-order valence-electron chi connectivity index (χ4n) is 3.51. The van der Waals surface area contributed by atoms with Crippen molar-refractivity contribution in [3.05, 3.63) is 76.9 Å². The van der Waals surface area contributed by atoms with Gasteiger partial charge in [0.2, 0.25) is 0 Å². The van der Waals surface area contributed by atoms with Gasteiger partial charge in [0.15, 0.2) is 23.1 Å². The van der Waals surface area contributed by atoms with Gasteiger partial charge in [0.1, 0.15) is 5.44 Å². The predicted molar refractivity (Wildman–Crippen MR) is 110 cm³/mol. The molecule has 3 aromatic carbocycles. The SMILES string of the molecule is CC(S)Oc1c(O)c2c(c(N)c1-c1ccccc1)C(=O)c1ccccc1C2=O. The Morgan fingerprint density at radius 3 is 2.00 bits per heavy atom. The molecule has 1 atom stereocenters.